The Morgan fingerprint density at radius 3 is 2.90 bits per heavy atom. The molecule has 10 heavy (non-hydrogen) atoms. The molecule has 0 amide bonds. The number of carboxylic acids is 1. The molecule has 1 aliphatic rings. The second-order valence-electron chi connectivity index (χ2n) is 2.29. The van der Waals surface area contributed by atoms with Gasteiger partial charge in [0.2, 0.25) is 0 Å². The van der Waals surface area contributed by atoms with E-state index in [4.69, 9.17) is 5.11 Å². The second kappa shape index (κ2) is 3.28. The van der Waals surface area contributed by atoms with Gasteiger partial charge in [0.05, 0.1) is 0 Å². The summed E-state index contributed by atoms with van der Waals surface area (Å²) in [5.74, 6) is -0.682. The molecule has 1 aliphatic heterocycles. The van der Waals surface area contributed by atoms with Crippen LogP contribution in [0.1, 0.15) is 0 Å². The summed E-state index contributed by atoms with van der Waals surface area (Å²) in [6.45, 7) is 3.52. The van der Waals surface area contributed by atoms with Crippen LogP contribution in [0, 0.1) is 5.92 Å². The van der Waals surface area contributed by atoms with Crippen LogP contribution in [0.2, 0.25) is 4.18 Å². The monoisotopic (exact) mass is 239 g/mol. The zero-order chi connectivity index (χ0) is 7.56. The molecule has 1 unspecified atom stereocenters. The van der Waals surface area contributed by atoms with Crippen molar-refractivity contribution in [3.63, 3.8) is 0 Å². The van der Waals surface area contributed by atoms with Gasteiger partial charge in [-0.15, -0.1) is 0 Å². The Morgan fingerprint density at radius 1 is 1.80 bits per heavy atom. The third-order valence-corrected chi connectivity index (χ3v) is 5.23. The van der Waals surface area contributed by atoms with Crippen LogP contribution in [-0.4, -0.2) is 34.0 Å². The molecule has 2 nitrogen and oxygen atoms in total. The fourth-order valence-electron chi connectivity index (χ4n) is 0.933. The maximum atomic E-state index is 10.4. The van der Waals surface area contributed by atoms with Gasteiger partial charge >= 0.3 is 70.9 Å². The topological polar surface area (TPSA) is 37.3 Å². The summed E-state index contributed by atoms with van der Waals surface area (Å²) in [6.07, 6.45) is 2.00. The molecular formula is C7H8InO2. The quantitative estimate of drug-likeness (QED) is 0.726. The molecular weight excluding hydrogens is 231 g/mol. The van der Waals surface area contributed by atoms with E-state index in [1.165, 1.54) is 0 Å². The number of hydrogen-bond acceptors (Lipinski definition) is 1. The van der Waals surface area contributed by atoms with Gasteiger partial charge in [-0.1, -0.05) is 0 Å². The van der Waals surface area contributed by atoms with Crippen molar-refractivity contribution < 1.29 is 9.90 Å². The molecule has 0 fully saturated rings. The average molecular weight is 239 g/mol. The third-order valence-electron chi connectivity index (χ3n) is 1.59. The molecule has 1 rings (SSSR count). The van der Waals surface area contributed by atoms with Crippen molar-refractivity contribution in [1.29, 1.82) is 0 Å². The fourth-order valence-corrected chi connectivity index (χ4v) is 4.69. The first-order valence-electron chi connectivity index (χ1n) is 3.14. The van der Waals surface area contributed by atoms with Crippen molar-refractivity contribution in [3.05, 3.63) is 22.1 Å². The Morgan fingerprint density at radius 2 is 2.50 bits per heavy atom. The van der Waals surface area contributed by atoms with Crippen molar-refractivity contribution in [2.24, 2.45) is 5.92 Å². The summed E-state index contributed by atoms with van der Waals surface area (Å²) in [5, 5.41) is 8.53. The van der Waals surface area contributed by atoms with Crippen LogP contribution in [0.5, 0.6) is 0 Å². The maximum absolute atomic E-state index is 10.4. The molecule has 0 aliphatic carbocycles. The number of aliphatic carboxylic acids is 1. The summed E-state index contributed by atoms with van der Waals surface area (Å²) in [5.41, 5.74) is 0.361. The molecule has 0 aromatic carbocycles. The number of rotatable bonds is 2. The summed E-state index contributed by atoms with van der Waals surface area (Å²) < 4.78 is 3.29. The molecule has 0 aromatic heterocycles. The summed E-state index contributed by atoms with van der Waals surface area (Å²) in [6, 6.07) is 0. The van der Waals surface area contributed by atoms with Crippen molar-refractivity contribution in [2.75, 3.05) is 0 Å². The van der Waals surface area contributed by atoms with E-state index in [0.717, 1.165) is 4.18 Å². The molecule has 1 radical (unpaired) electrons. The Labute approximate surface area is 71.0 Å². The van der Waals surface area contributed by atoms with E-state index >= 15 is 0 Å². The Bertz CT molecular complexity index is 196. The van der Waals surface area contributed by atoms with E-state index in [1.54, 1.807) is 0 Å². The van der Waals surface area contributed by atoms with Gasteiger partial charge in [-0.25, -0.2) is 0 Å². The molecule has 0 saturated heterocycles. The molecule has 0 saturated carbocycles. The van der Waals surface area contributed by atoms with Crippen LogP contribution in [0.4, 0.5) is 0 Å². The van der Waals surface area contributed by atoms with E-state index in [1.807, 2.05) is 6.08 Å². The van der Waals surface area contributed by atoms with Gasteiger partial charge in [0.1, 0.15) is 0 Å². The Hall–Kier alpha value is -0.180. The molecule has 1 atom stereocenters. The summed E-state index contributed by atoms with van der Waals surface area (Å²) in [4.78, 5) is 10.4. The minimum atomic E-state index is -0.848. The SMILES string of the molecule is C=C(C(=O)O)C1C=[CH][In][CH2]1. The molecule has 0 aromatic rings. The van der Waals surface area contributed by atoms with Gasteiger partial charge in [-0.05, 0) is 0 Å². The van der Waals surface area contributed by atoms with Gasteiger partial charge in [-0.2, -0.15) is 0 Å². The minimum absolute atomic E-state index is 0.165. The van der Waals surface area contributed by atoms with Crippen LogP contribution in [0.15, 0.2) is 22.1 Å². The van der Waals surface area contributed by atoms with Gasteiger partial charge in [-0.3, -0.25) is 0 Å². The van der Waals surface area contributed by atoms with E-state index in [-0.39, 0.29) is 5.92 Å². The van der Waals surface area contributed by atoms with E-state index < -0.39 is 28.9 Å². The number of allylic oxidation sites excluding steroid dienone is 1. The molecule has 0 bridgehead atoms. The molecule has 0 spiro atoms. The zero-order valence-corrected chi connectivity index (χ0v) is 8.87. The first-order valence-corrected chi connectivity index (χ1v) is 7.37. The molecule has 51 valence electrons. The number of hydrogen-bond donors (Lipinski definition) is 1. The Balaban J connectivity index is 2.57. The predicted octanol–water partition coefficient (Wildman–Crippen LogP) is 0.893. The fraction of sp³-hybridized carbons (Fsp3) is 0.286. The van der Waals surface area contributed by atoms with Crippen LogP contribution in [0.25, 0.3) is 0 Å². The standard InChI is InChI=1S/C7H8O2.In/c1-4-5(2)6(3)7(8)9;/h1,4-5H,2-3H2,(H,8,9);. The third kappa shape index (κ3) is 1.66. The van der Waals surface area contributed by atoms with Gasteiger partial charge in [0.25, 0.3) is 0 Å². The number of carboxylic acid groups (broad SMARTS) is 1. The first kappa shape index (κ1) is 7.92. The van der Waals surface area contributed by atoms with E-state index in [0.29, 0.717) is 5.57 Å². The zero-order valence-electron chi connectivity index (χ0n) is 5.58. The summed E-state index contributed by atoms with van der Waals surface area (Å²) >= 11 is -0.476. The van der Waals surface area contributed by atoms with Gasteiger partial charge < -0.3 is 0 Å². The average Bonchev–Trinajstić information content (AvgIpc) is 2.36. The van der Waals surface area contributed by atoms with Crippen molar-refractivity contribution in [2.45, 2.75) is 4.18 Å². The predicted molar refractivity (Wildman–Crippen MR) is 40.0 cm³/mol. The van der Waals surface area contributed by atoms with Gasteiger partial charge in [0.15, 0.2) is 0 Å². The van der Waals surface area contributed by atoms with Crippen LogP contribution < -0.4 is 0 Å². The van der Waals surface area contributed by atoms with Crippen molar-refractivity contribution >= 4 is 28.9 Å². The Kier molecular flexibility index (Phi) is 2.60. The van der Waals surface area contributed by atoms with Crippen LogP contribution >= 0.6 is 0 Å². The van der Waals surface area contributed by atoms with Gasteiger partial charge in [0, 0.05) is 0 Å². The summed E-state index contributed by atoms with van der Waals surface area (Å²) in [7, 11) is 0. The molecule has 1 heterocycles. The second-order valence-corrected chi connectivity index (χ2v) is 6.08. The molecule has 3 heteroatoms. The van der Waals surface area contributed by atoms with E-state index in [2.05, 4.69) is 10.4 Å². The van der Waals surface area contributed by atoms with Crippen LogP contribution in [-0.2, 0) is 4.79 Å². The number of carbonyl (C=O) groups is 1. The normalized spacial score (nSPS) is 22.2. The van der Waals surface area contributed by atoms with E-state index in [9.17, 15) is 4.79 Å². The van der Waals surface area contributed by atoms with Crippen molar-refractivity contribution in [3.8, 4) is 0 Å². The first-order chi connectivity index (χ1) is 4.72. The van der Waals surface area contributed by atoms with Crippen molar-refractivity contribution in [1.82, 2.24) is 0 Å². The molecule has 1 N–H and O–H groups in total. The van der Waals surface area contributed by atoms with Crippen LogP contribution in [0.3, 0.4) is 0 Å².